The van der Waals surface area contributed by atoms with Gasteiger partial charge in [-0.05, 0) is 52.7 Å². The van der Waals surface area contributed by atoms with Crippen molar-refractivity contribution in [1.82, 2.24) is 9.47 Å². The second-order valence-corrected chi connectivity index (χ2v) is 14.9. The number of hydrogen-bond donors (Lipinski definition) is 1. The summed E-state index contributed by atoms with van der Waals surface area (Å²) in [5.41, 5.74) is -0.0454. The van der Waals surface area contributed by atoms with Crippen LogP contribution in [0.2, 0.25) is 0 Å². The van der Waals surface area contributed by atoms with Crippen molar-refractivity contribution in [3.05, 3.63) is 101 Å². The van der Waals surface area contributed by atoms with Crippen molar-refractivity contribution in [2.45, 2.75) is 46.6 Å². The van der Waals surface area contributed by atoms with Gasteiger partial charge in [-0.2, -0.15) is 0 Å². The summed E-state index contributed by atoms with van der Waals surface area (Å²) in [5, 5.41) is 11.2. The van der Waals surface area contributed by atoms with Crippen LogP contribution in [0.4, 0.5) is 10.1 Å². The number of ketones is 2. The highest BCUT2D eigenvalue weighted by atomic mass is 31.2. The third-order valence-electron chi connectivity index (χ3n) is 7.73. The van der Waals surface area contributed by atoms with E-state index in [4.69, 9.17) is 0 Å². The summed E-state index contributed by atoms with van der Waals surface area (Å²) in [7, 11) is -2.91. The Labute approximate surface area is 274 Å². The number of carboxylic acid groups (broad SMARTS) is 1. The average molecular weight is 662 g/mol. The van der Waals surface area contributed by atoms with Gasteiger partial charge in [-0.3, -0.25) is 9.69 Å². The molecule has 0 bridgehead atoms. The first kappa shape index (κ1) is 35.5. The number of Topliss-reactive ketones (excluding diaryl/α,β-unsaturated/α-hetero) is 2. The van der Waals surface area contributed by atoms with Gasteiger partial charge in [-0.15, -0.1) is 0 Å². The van der Waals surface area contributed by atoms with Crippen LogP contribution in [-0.4, -0.2) is 64.6 Å². The quantitative estimate of drug-likeness (QED) is 0.260. The van der Waals surface area contributed by atoms with Gasteiger partial charge in [0.1, 0.15) is 22.9 Å². The van der Waals surface area contributed by atoms with E-state index in [1.807, 2.05) is 70.1 Å². The van der Waals surface area contributed by atoms with E-state index in [0.717, 1.165) is 23.5 Å². The van der Waals surface area contributed by atoms with Crippen molar-refractivity contribution in [2.75, 3.05) is 37.4 Å². The average Bonchev–Trinajstić information content (AvgIpc) is 3.87. The first-order valence-corrected chi connectivity index (χ1v) is 17.4. The number of benzene rings is 3. The maximum atomic E-state index is 15.4. The zero-order valence-corrected chi connectivity index (χ0v) is 28.1. The minimum absolute atomic E-state index is 0.0911. The Bertz CT molecular complexity index is 1790. The molecular formula is C36H41FN3O6P. The van der Waals surface area contributed by atoms with E-state index in [9.17, 15) is 28.8 Å². The summed E-state index contributed by atoms with van der Waals surface area (Å²) in [4.78, 5) is 47.5. The Morgan fingerprint density at radius 2 is 1.32 bits per heavy atom. The van der Waals surface area contributed by atoms with Crippen LogP contribution in [0.1, 0.15) is 56.9 Å². The van der Waals surface area contributed by atoms with E-state index >= 15 is 4.39 Å². The highest BCUT2D eigenvalue weighted by molar-refractivity contribution is 7.78. The number of hydrogen-bond acceptors (Lipinski definition) is 7. The Morgan fingerprint density at radius 3 is 1.77 bits per heavy atom. The minimum atomic E-state index is -2.91. The molecule has 0 spiro atoms. The summed E-state index contributed by atoms with van der Waals surface area (Å²) in [6.45, 7) is 8.39. The molecule has 3 aromatic carbocycles. The standard InChI is InChI=1S/C30H29FN3O4P.2C3H6O/c31-26-17-24-27(34(21-11-12-21)19-25(29(24)35)30(36)37)18-28(26)33-15-13-32(14-16-33)20-39(38,22-7-3-1-4-8-22)23-9-5-2-6-10-23;2*1-3(2)4/h1-10,17-19,21H,11-16,20H2,(H,36,37);2*1-2H3. The van der Waals surface area contributed by atoms with Crippen molar-refractivity contribution < 1.29 is 28.4 Å². The van der Waals surface area contributed by atoms with Gasteiger partial charge in [-0.1, -0.05) is 60.7 Å². The Hall–Kier alpha value is -4.40. The van der Waals surface area contributed by atoms with Crippen LogP contribution in [0.25, 0.3) is 10.9 Å². The molecule has 0 amide bonds. The number of piperazine rings is 1. The molecule has 1 aromatic heterocycles. The zero-order chi connectivity index (χ0) is 34.3. The van der Waals surface area contributed by atoms with Crippen LogP contribution >= 0.6 is 7.14 Å². The van der Waals surface area contributed by atoms with E-state index in [0.29, 0.717) is 43.7 Å². The highest BCUT2D eigenvalue weighted by Crippen LogP contribution is 2.44. The van der Waals surface area contributed by atoms with E-state index in [-0.39, 0.29) is 28.6 Å². The largest absolute Gasteiger partial charge is 0.477 e. The lowest BCUT2D eigenvalue weighted by Crippen LogP contribution is -2.47. The lowest BCUT2D eigenvalue weighted by molar-refractivity contribution is -0.115. The molecule has 47 heavy (non-hydrogen) atoms. The fourth-order valence-electron chi connectivity index (χ4n) is 5.47. The number of nitrogens with zero attached hydrogens (tertiary/aromatic N) is 3. The van der Waals surface area contributed by atoms with Gasteiger partial charge in [-0.25, -0.2) is 9.18 Å². The second kappa shape index (κ2) is 15.5. The number of pyridine rings is 1. The molecule has 2 aliphatic rings. The fourth-order valence-corrected chi connectivity index (χ4v) is 8.25. The van der Waals surface area contributed by atoms with Crippen LogP contribution in [0, 0.1) is 5.82 Å². The number of carbonyl (C=O) groups is 3. The lowest BCUT2D eigenvalue weighted by atomic mass is 10.1. The van der Waals surface area contributed by atoms with Crippen molar-refractivity contribution in [3.63, 3.8) is 0 Å². The topological polar surface area (TPSA) is 117 Å². The van der Waals surface area contributed by atoms with E-state index in [1.165, 1.54) is 40.0 Å². The summed E-state index contributed by atoms with van der Waals surface area (Å²) in [6, 6.07) is 22.1. The van der Waals surface area contributed by atoms with Gasteiger partial charge in [0, 0.05) is 54.4 Å². The van der Waals surface area contributed by atoms with Crippen molar-refractivity contribution in [2.24, 2.45) is 0 Å². The highest BCUT2D eigenvalue weighted by Gasteiger charge is 2.32. The first-order valence-electron chi connectivity index (χ1n) is 15.6. The van der Waals surface area contributed by atoms with Gasteiger partial charge < -0.3 is 28.7 Å². The smallest absolute Gasteiger partial charge is 0.341 e. The van der Waals surface area contributed by atoms with Crippen molar-refractivity contribution in [3.8, 4) is 0 Å². The molecule has 248 valence electrons. The summed E-state index contributed by atoms with van der Waals surface area (Å²) < 4.78 is 31.7. The Morgan fingerprint density at radius 1 is 0.830 bits per heavy atom. The van der Waals surface area contributed by atoms with E-state index < -0.39 is 24.4 Å². The molecule has 0 atom stereocenters. The van der Waals surface area contributed by atoms with E-state index in [1.54, 1.807) is 6.07 Å². The zero-order valence-electron chi connectivity index (χ0n) is 27.2. The number of carboxylic acids is 1. The fraction of sp³-hybridized carbons (Fsp3) is 0.333. The third kappa shape index (κ3) is 8.90. The van der Waals surface area contributed by atoms with Gasteiger partial charge in [0.25, 0.3) is 0 Å². The Kier molecular flexibility index (Phi) is 11.7. The lowest BCUT2D eigenvalue weighted by Gasteiger charge is -2.38. The van der Waals surface area contributed by atoms with Crippen LogP contribution in [0.5, 0.6) is 0 Å². The van der Waals surface area contributed by atoms with Crippen molar-refractivity contribution >= 4 is 51.9 Å². The molecule has 0 radical (unpaired) electrons. The van der Waals surface area contributed by atoms with Crippen LogP contribution in [0.15, 0.2) is 83.8 Å². The maximum Gasteiger partial charge on any atom is 0.341 e. The molecule has 1 aliphatic carbocycles. The SMILES string of the molecule is CC(C)=O.CC(C)=O.O=C(O)c1cn(C2CC2)c2cc(N3CCN(CP(=O)(c4ccccc4)c4ccccc4)CC3)c(F)cc2c1=O. The van der Waals surface area contributed by atoms with Gasteiger partial charge in [0.15, 0.2) is 7.14 Å². The molecule has 2 heterocycles. The monoisotopic (exact) mass is 661 g/mol. The minimum Gasteiger partial charge on any atom is -0.477 e. The molecule has 9 nitrogen and oxygen atoms in total. The second-order valence-electron chi connectivity index (χ2n) is 12.1. The molecule has 4 aromatic rings. The predicted molar refractivity (Wildman–Crippen MR) is 185 cm³/mol. The molecule has 1 N–H and O–H groups in total. The number of halogens is 1. The molecule has 6 rings (SSSR count). The van der Waals surface area contributed by atoms with Gasteiger partial charge >= 0.3 is 5.97 Å². The number of rotatable bonds is 7. The summed E-state index contributed by atoms with van der Waals surface area (Å²) >= 11 is 0. The summed E-state index contributed by atoms with van der Waals surface area (Å²) in [5.74, 6) is -1.52. The molecule has 2 fully saturated rings. The third-order valence-corrected chi connectivity index (χ3v) is 10.8. The normalized spacial score (nSPS) is 14.8. The van der Waals surface area contributed by atoms with Gasteiger partial charge in [0.2, 0.25) is 5.43 Å². The molecule has 0 unspecified atom stereocenters. The van der Waals surface area contributed by atoms with Crippen LogP contribution in [0.3, 0.4) is 0 Å². The van der Waals surface area contributed by atoms with Crippen LogP contribution < -0.4 is 20.9 Å². The summed E-state index contributed by atoms with van der Waals surface area (Å²) in [6.07, 6.45) is 3.58. The van der Waals surface area contributed by atoms with Crippen LogP contribution in [-0.2, 0) is 14.2 Å². The molecule has 11 heteroatoms. The number of carbonyl (C=O) groups excluding carboxylic acids is 2. The molecule has 1 aliphatic heterocycles. The number of aromatic nitrogens is 1. The Balaban J connectivity index is 0.000000564. The van der Waals surface area contributed by atoms with Gasteiger partial charge in [0.05, 0.1) is 17.5 Å². The molecular weight excluding hydrogens is 620 g/mol. The molecule has 1 saturated heterocycles. The predicted octanol–water partition coefficient (Wildman–Crippen LogP) is 5.46. The number of anilines is 1. The maximum absolute atomic E-state index is 15.4. The number of aromatic carboxylic acids is 1. The first-order chi connectivity index (χ1) is 22.3. The van der Waals surface area contributed by atoms with Crippen molar-refractivity contribution in [1.29, 1.82) is 0 Å². The van der Waals surface area contributed by atoms with E-state index in [2.05, 4.69) is 4.90 Å². The number of fused-ring (bicyclic) bond motifs is 1. The molecule has 1 saturated carbocycles.